The highest BCUT2D eigenvalue weighted by atomic mass is 16.2. The van der Waals surface area contributed by atoms with Crippen molar-refractivity contribution in [2.75, 3.05) is 0 Å². The second kappa shape index (κ2) is 4.92. The first-order chi connectivity index (χ1) is 7.43. The van der Waals surface area contributed by atoms with Crippen LogP contribution in [0.1, 0.15) is 30.9 Å². The summed E-state index contributed by atoms with van der Waals surface area (Å²) in [5, 5.41) is 2.50. The summed E-state index contributed by atoms with van der Waals surface area (Å²) in [6, 6.07) is 0. The van der Waals surface area contributed by atoms with Crippen molar-refractivity contribution >= 4 is 5.78 Å². The van der Waals surface area contributed by atoms with Gasteiger partial charge in [-0.15, -0.1) is 0 Å². The maximum atomic E-state index is 11.7. The molecule has 0 aliphatic carbocycles. The van der Waals surface area contributed by atoms with Crippen molar-refractivity contribution in [1.82, 2.24) is 9.78 Å². The zero-order valence-electron chi connectivity index (χ0n) is 9.79. The third kappa shape index (κ3) is 2.68. The van der Waals surface area contributed by atoms with E-state index in [-0.39, 0.29) is 16.9 Å². The molecule has 0 saturated carbocycles. The van der Waals surface area contributed by atoms with Crippen molar-refractivity contribution in [3.63, 3.8) is 0 Å². The molecule has 0 aliphatic rings. The largest absolute Gasteiger partial charge is 0.300 e. The molecule has 0 aliphatic heterocycles. The molecule has 0 saturated heterocycles. The van der Waals surface area contributed by atoms with Crippen molar-refractivity contribution < 1.29 is 4.79 Å². The third-order valence-corrected chi connectivity index (χ3v) is 2.62. The first-order valence-electron chi connectivity index (χ1n) is 5.23. The number of rotatable bonds is 4. The van der Waals surface area contributed by atoms with E-state index in [4.69, 9.17) is 0 Å². The van der Waals surface area contributed by atoms with E-state index in [1.54, 1.807) is 13.8 Å². The Bertz CT molecular complexity index is 511. The summed E-state index contributed by atoms with van der Waals surface area (Å²) in [6.07, 6.45) is 0.981. The molecule has 5 heteroatoms. The van der Waals surface area contributed by atoms with Crippen LogP contribution in [0.2, 0.25) is 0 Å². The van der Waals surface area contributed by atoms with Gasteiger partial charge in [0.1, 0.15) is 5.78 Å². The van der Waals surface area contributed by atoms with Crippen molar-refractivity contribution in [3.8, 4) is 0 Å². The number of Topliss-reactive ketones (excluding diaryl/α,β-unsaturated/α-hetero) is 1. The van der Waals surface area contributed by atoms with Crippen LogP contribution in [-0.4, -0.2) is 15.6 Å². The van der Waals surface area contributed by atoms with Gasteiger partial charge in [0.25, 0.3) is 11.1 Å². The van der Waals surface area contributed by atoms with E-state index in [1.165, 1.54) is 11.6 Å². The molecule has 1 aromatic rings. The maximum Gasteiger partial charge on any atom is 0.268 e. The van der Waals surface area contributed by atoms with E-state index >= 15 is 0 Å². The molecule has 0 unspecified atom stereocenters. The first-order valence-corrected chi connectivity index (χ1v) is 5.23. The number of aromatic nitrogens is 2. The maximum absolute atomic E-state index is 11.7. The Kier molecular flexibility index (Phi) is 3.82. The fourth-order valence-corrected chi connectivity index (χ4v) is 1.43. The van der Waals surface area contributed by atoms with E-state index in [0.717, 1.165) is 0 Å². The van der Waals surface area contributed by atoms with E-state index < -0.39 is 0 Å². The number of aromatic amines is 1. The number of carbonyl (C=O) groups excluding carboxylic acids is 1. The summed E-state index contributed by atoms with van der Waals surface area (Å²) in [5.41, 5.74) is 0.472. The van der Waals surface area contributed by atoms with Crippen molar-refractivity contribution in [1.29, 1.82) is 0 Å². The molecule has 1 rings (SSSR count). The fraction of sp³-hybridized carbons (Fsp3) is 0.545. The minimum absolute atomic E-state index is 0.0826. The summed E-state index contributed by atoms with van der Waals surface area (Å²) in [5.74, 6) is 0.0826. The highest BCUT2D eigenvalue weighted by Crippen LogP contribution is 1.95. The van der Waals surface area contributed by atoms with Gasteiger partial charge in [-0.3, -0.25) is 19.4 Å². The topological polar surface area (TPSA) is 71.9 Å². The van der Waals surface area contributed by atoms with Crippen LogP contribution in [0.5, 0.6) is 0 Å². The Morgan fingerprint density at radius 3 is 2.44 bits per heavy atom. The minimum atomic E-state index is -0.250. The van der Waals surface area contributed by atoms with Gasteiger partial charge in [0.15, 0.2) is 0 Å². The summed E-state index contributed by atoms with van der Waals surface area (Å²) in [7, 11) is 0. The number of hydrogen-bond acceptors (Lipinski definition) is 3. The van der Waals surface area contributed by atoms with Crippen LogP contribution in [-0.2, 0) is 11.3 Å². The molecule has 16 heavy (non-hydrogen) atoms. The van der Waals surface area contributed by atoms with Crippen LogP contribution in [0.3, 0.4) is 0 Å². The normalized spacial score (nSPS) is 10.4. The Morgan fingerprint density at radius 1 is 1.25 bits per heavy atom. The molecule has 0 amide bonds. The van der Waals surface area contributed by atoms with Gasteiger partial charge in [-0.2, -0.15) is 0 Å². The van der Waals surface area contributed by atoms with Gasteiger partial charge < -0.3 is 4.79 Å². The zero-order chi connectivity index (χ0) is 12.3. The number of aryl methyl sites for hydroxylation is 1. The Labute approximate surface area is 93.1 Å². The van der Waals surface area contributed by atoms with E-state index in [1.807, 2.05) is 0 Å². The lowest BCUT2D eigenvalue weighted by atomic mass is 10.2. The van der Waals surface area contributed by atoms with Crippen molar-refractivity contribution in [2.45, 2.75) is 40.2 Å². The van der Waals surface area contributed by atoms with Crippen LogP contribution in [0.15, 0.2) is 9.59 Å². The predicted octanol–water partition coefficient (Wildman–Crippen LogP) is 0.523. The second-order valence-electron chi connectivity index (χ2n) is 3.95. The molecule has 5 nitrogen and oxygen atoms in total. The molecular weight excluding hydrogens is 208 g/mol. The lowest BCUT2D eigenvalue weighted by molar-refractivity contribution is -0.117. The van der Waals surface area contributed by atoms with Gasteiger partial charge in [0, 0.05) is 24.1 Å². The smallest absolute Gasteiger partial charge is 0.268 e. The molecule has 0 fully saturated rings. The van der Waals surface area contributed by atoms with Crippen molar-refractivity contribution in [3.05, 3.63) is 31.8 Å². The number of ketones is 1. The molecular formula is C11H16N2O3. The lowest BCUT2D eigenvalue weighted by Gasteiger charge is -2.07. The molecule has 0 aromatic carbocycles. The van der Waals surface area contributed by atoms with Gasteiger partial charge in [-0.25, -0.2) is 0 Å². The second-order valence-corrected chi connectivity index (χ2v) is 3.95. The number of nitrogens with zero attached hydrogens (tertiary/aromatic N) is 1. The standard InChI is InChI=1S/C11H16N2O3/c1-7(14)5-4-6-13-11(16)9(3)8(2)10(15)12-13/h4-6H2,1-3H3,(H,12,15). The quantitative estimate of drug-likeness (QED) is 0.810. The number of carbonyl (C=O) groups is 1. The summed E-state index contributed by atoms with van der Waals surface area (Å²) >= 11 is 0. The fourth-order valence-electron chi connectivity index (χ4n) is 1.43. The number of hydrogen-bond donors (Lipinski definition) is 1. The van der Waals surface area contributed by atoms with Crippen LogP contribution in [0.25, 0.3) is 0 Å². The molecule has 0 atom stereocenters. The molecule has 1 N–H and O–H groups in total. The summed E-state index contributed by atoms with van der Waals surface area (Å²) in [4.78, 5) is 33.9. The summed E-state index contributed by atoms with van der Waals surface area (Å²) < 4.78 is 1.27. The molecule has 0 spiro atoms. The molecule has 0 bridgehead atoms. The van der Waals surface area contributed by atoms with Crippen LogP contribution in [0.4, 0.5) is 0 Å². The Hall–Kier alpha value is -1.65. The Balaban J connectivity index is 2.94. The minimum Gasteiger partial charge on any atom is -0.300 e. The lowest BCUT2D eigenvalue weighted by Crippen LogP contribution is -2.33. The first kappa shape index (κ1) is 12.4. The van der Waals surface area contributed by atoms with E-state index in [9.17, 15) is 14.4 Å². The zero-order valence-corrected chi connectivity index (χ0v) is 9.79. The SMILES string of the molecule is CC(=O)CCCn1[nH]c(=O)c(C)c(C)c1=O. The molecule has 1 heterocycles. The highest BCUT2D eigenvalue weighted by molar-refractivity contribution is 5.75. The Morgan fingerprint density at radius 2 is 1.88 bits per heavy atom. The van der Waals surface area contributed by atoms with Gasteiger partial charge in [-0.05, 0) is 27.2 Å². The molecule has 1 aromatic heterocycles. The van der Waals surface area contributed by atoms with Crippen LogP contribution >= 0.6 is 0 Å². The van der Waals surface area contributed by atoms with Crippen LogP contribution < -0.4 is 11.1 Å². The average molecular weight is 224 g/mol. The van der Waals surface area contributed by atoms with Gasteiger partial charge in [0.2, 0.25) is 0 Å². The number of nitrogens with one attached hydrogen (secondary N) is 1. The van der Waals surface area contributed by atoms with E-state index in [0.29, 0.717) is 30.5 Å². The van der Waals surface area contributed by atoms with E-state index in [2.05, 4.69) is 5.10 Å². The predicted molar refractivity (Wildman–Crippen MR) is 60.7 cm³/mol. The van der Waals surface area contributed by atoms with Crippen molar-refractivity contribution in [2.24, 2.45) is 0 Å². The van der Waals surface area contributed by atoms with Gasteiger partial charge in [-0.1, -0.05) is 0 Å². The van der Waals surface area contributed by atoms with Gasteiger partial charge in [0.05, 0.1) is 0 Å². The number of H-pyrrole nitrogens is 1. The summed E-state index contributed by atoms with van der Waals surface area (Å²) in [6.45, 7) is 5.13. The van der Waals surface area contributed by atoms with Gasteiger partial charge >= 0.3 is 0 Å². The third-order valence-electron chi connectivity index (χ3n) is 2.62. The highest BCUT2D eigenvalue weighted by Gasteiger charge is 2.06. The average Bonchev–Trinajstić information content (AvgIpc) is 2.22. The van der Waals surface area contributed by atoms with Crippen LogP contribution in [0, 0.1) is 13.8 Å². The molecule has 88 valence electrons. The molecule has 0 radical (unpaired) electrons. The monoisotopic (exact) mass is 224 g/mol.